The molecular weight excluding hydrogens is 436 g/mol. The van der Waals surface area contributed by atoms with Gasteiger partial charge in [0.2, 0.25) is 11.8 Å². The molecule has 16 heteroatoms. The first-order valence-electron chi connectivity index (χ1n) is 7.60. The van der Waals surface area contributed by atoms with Gasteiger partial charge in [0.05, 0.1) is 23.6 Å². The van der Waals surface area contributed by atoms with Gasteiger partial charge in [0.1, 0.15) is 0 Å². The monoisotopic (exact) mass is 454 g/mol. The molecular formula is C13H18N4O10S2. The summed E-state index contributed by atoms with van der Waals surface area (Å²) in [6.07, 6.45) is 1.88. The van der Waals surface area contributed by atoms with E-state index in [1.807, 2.05) is 9.97 Å². The predicted octanol–water partition coefficient (Wildman–Crippen LogP) is -2.33. The molecule has 2 aromatic rings. The third-order valence-electron chi connectivity index (χ3n) is 2.96. The lowest BCUT2D eigenvalue weighted by molar-refractivity contribution is 0.474. The lowest BCUT2D eigenvalue weighted by Crippen LogP contribution is -2.27. The highest BCUT2D eigenvalue weighted by Crippen LogP contribution is 2.10. The van der Waals surface area contributed by atoms with Crippen LogP contribution in [0.4, 0.5) is 0 Å². The average Bonchev–Trinajstić information content (AvgIpc) is 2.49. The fraction of sp³-hybridized carbons (Fsp3) is 0.385. The minimum absolute atomic E-state index is 0.00461. The molecule has 0 amide bonds. The molecule has 162 valence electrons. The van der Waals surface area contributed by atoms with Crippen molar-refractivity contribution in [3.63, 3.8) is 0 Å². The molecule has 4 N–H and O–H groups in total. The number of rotatable bonds is 5. The average molecular weight is 454 g/mol. The van der Waals surface area contributed by atoms with E-state index in [4.69, 9.17) is 0 Å². The van der Waals surface area contributed by atoms with Crippen molar-refractivity contribution in [1.29, 1.82) is 0 Å². The molecule has 0 saturated heterocycles. The van der Waals surface area contributed by atoms with Crippen molar-refractivity contribution in [3.8, 4) is 11.8 Å². The predicted molar refractivity (Wildman–Crippen MR) is 100 cm³/mol. The standard InChI is InChI=1S/C7H10N2O5S.C6H8N2O5S/c1-3-4-5(10)8-7(11)9-6(4)14-15(2,12)13;1-3-4(9)7-6(10)8-5(3)13-14(2,11)12/h3H2,1-2H3,(H2,8,9,10,11);1-2H3,(H2,7,8,9,10). The topological polar surface area (TPSA) is 218 Å². The SMILES string of the molecule is CCc1c(OS(C)(=O)=O)[nH]c(=O)[nH]c1=O.Cc1c(OS(C)(=O)=O)[nH]c(=O)[nH]c1=O. The summed E-state index contributed by atoms with van der Waals surface area (Å²) in [5, 5.41) is 0. The summed E-state index contributed by atoms with van der Waals surface area (Å²) < 4.78 is 52.0. The van der Waals surface area contributed by atoms with E-state index in [1.54, 1.807) is 6.92 Å². The first-order valence-corrected chi connectivity index (χ1v) is 11.2. The second-order valence-electron chi connectivity index (χ2n) is 5.51. The number of aromatic nitrogens is 4. The maximum atomic E-state index is 11.2. The third-order valence-corrected chi connectivity index (χ3v) is 3.90. The van der Waals surface area contributed by atoms with Gasteiger partial charge in [-0.2, -0.15) is 16.8 Å². The van der Waals surface area contributed by atoms with Crippen LogP contribution in [-0.4, -0.2) is 49.3 Å². The first-order chi connectivity index (χ1) is 13.1. The first kappa shape index (κ1) is 23.9. The molecule has 0 fully saturated rings. The summed E-state index contributed by atoms with van der Waals surface area (Å²) in [5.41, 5.74) is -2.89. The maximum Gasteiger partial charge on any atom is 0.328 e. The van der Waals surface area contributed by atoms with Crippen LogP contribution in [0.25, 0.3) is 0 Å². The van der Waals surface area contributed by atoms with Gasteiger partial charge < -0.3 is 8.37 Å². The number of H-pyrrole nitrogens is 4. The van der Waals surface area contributed by atoms with E-state index in [0.29, 0.717) is 0 Å². The Morgan fingerprint density at radius 1 is 0.724 bits per heavy atom. The minimum atomic E-state index is -3.77. The molecule has 2 rings (SSSR count). The summed E-state index contributed by atoms with van der Waals surface area (Å²) >= 11 is 0. The van der Waals surface area contributed by atoms with Crippen molar-refractivity contribution in [3.05, 3.63) is 52.8 Å². The van der Waals surface area contributed by atoms with Gasteiger partial charge >= 0.3 is 31.6 Å². The zero-order valence-corrected chi connectivity index (χ0v) is 17.2. The van der Waals surface area contributed by atoms with Crippen LogP contribution in [0.5, 0.6) is 11.8 Å². The van der Waals surface area contributed by atoms with Gasteiger partial charge in [-0.05, 0) is 13.3 Å². The number of nitrogens with one attached hydrogen (secondary N) is 4. The Labute approximate surface area is 163 Å². The van der Waals surface area contributed by atoms with E-state index in [0.717, 1.165) is 12.5 Å². The molecule has 0 aliphatic rings. The minimum Gasteiger partial charge on any atom is -0.363 e. The van der Waals surface area contributed by atoms with Crippen LogP contribution in [0, 0.1) is 6.92 Å². The largest absolute Gasteiger partial charge is 0.363 e. The van der Waals surface area contributed by atoms with E-state index in [1.165, 1.54) is 6.92 Å². The lowest BCUT2D eigenvalue weighted by atomic mass is 10.2. The summed E-state index contributed by atoms with van der Waals surface area (Å²) in [7, 11) is -7.52. The molecule has 0 bridgehead atoms. The van der Waals surface area contributed by atoms with Gasteiger partial charge in [-0.15, -0.1) is 0 Å². The molecule has 29 heavy (non-hydrogen) atoms. The van der Waals surface area contributed by atoms with Crippen LogP contribution in [0.3, 0.4) is 0 Å². The van der Waals surface area contributed by atoms with Gasteiger partial charge in [-0.3, -0.25) is 29.5 Å². The van der Waals surface area contributed by atoms with Gasteiger partial charge in [0.25, 0.3) is 11.1 Å². The number of hydrogen-bond acceptors (Lipinski definition) is 10. The molecule has 14 nitrogen and oxygen atoms in total. The maximum absolute atomic E-state index is 11.2. The van der Waals surface area contributed by atoms with Crippen molar-refractivity contribution in [1.82, 2.24) is 19.9 Å². The highest BCUT2D eigenvalue weighted by atomic mass is 32.2. The number of aromatic amines is 4. The second kappa shape index (κ2) is 8.91. The van der Waals surface area contributed by atoms with Crippen LogP contribution >= 0.6 is 0 Å². The molecule has 2 heterocycles. The zero-order valence-electron chi connectivity index (χ0n) is 15.6. The Kier molecular flexibility index (Phi) is 7.34. The molecule has 0 spiro atoms. The van der Waals surface area contributed by atoms with Crippen molar-refractivity contribution in [2.24, 2.45) is 0 Å². The molecule has 0 aliphatic heterocycles. The normalized spacial score (nSPS) is 11.3. The van der Waals surface area contributed by atoms with Crippen molar-refractivity contribution in [2.45, 2.75) is 20.3 Å². The summed E-state index contributed by atoms with van der Waals surface area (Å²) in [6, 6.07) is 0. The van der Waals surface area contributed by atoms with Crippen molar-refractivity contribution >= 4 is 20.2 Å². The van der Waals surface area contributed by atoms with Gasteiger partial charge in [0, 0.05) is 0 Å². The third kappa shape index (κ3) is 7.78. The van der Waals surface area contributed by atoms with E-state index >= 15 is 0 Å². The zero-order chi connectivity index (χ0) is 22.6. The Bertz CT molecular complexity index is 1330. The molecule has 2 aromatic heterocycles. The highest BCUT2D eigenvalue weighted by molar-refractivity contribution is 7.86. The Morgan fingerprint density at radius 2 is 1.14 bits per heavy atom. The van der Waals surface area contributed by atoms with Crippen LogP contribution in [0.2, 0.25) is 0 Å². The van der Waals surface area contributed by atoms with Gasteiger partial charge in [-0.25, -0.2) is 9.59 Å². The van der Waals surface area contributed by atoms with Crippen LogP contribution < -0.4 is 30.9 Å². The fourth-order valence-corrected chi connectivity index (χ4v) is 2.71. The summed E-state index contributed by atoms with van der Waals surface area (Å²) in [6.45, 7) is 2.97. The van der Waals surface area contributed by atoms with Gasteiger partial charge in [0.15, 0.2) is 0 Å². The van der Waals surface area contributed by atoms with Crippen molar-refractivity contribution < 1.29 is 25.2 Å². The van der Waals surface area contributed by atoms with Gasteiger partial charge in [-0.1, -0.05) is 6.92 Å². The van der Waals surface area contributed by atoms with Crippen LogP contribution in [-0.2, 0) is 26.7 Å². The van der Waals surface area contributed by atoms with Crippen LogP contribution in [0.15, 0.2) is 19.2 Å². The lowest BCUT2D eigenvalue weighted by Gasteiger charge is -2.05. The molecule has 0 saturated carbocycles. The van der Waals surface area contributed by atoms with E-state index in [2.05, 4.69) is 18.3 Å². The summed E-state index contributed by atoms with van der Waals surface area (Å²) in [4.78, 5) is 51.9. The molecule has 0 aromatic carbocycles. The van der Waals surface area contributed by atoms with Crippen LogP contribution in [0.1, 0.15) is 18.1 Å². The highest BCUT2D eigenvalue weighted by Gasteiger charge is 2.13. The number of hydrogen-bond donors (Lipinski definition) is 4. The molecule has 0 radical (unpaired) electrons. The van der Waals surface area contributed by atoms with E-state index in [9.17, 15) is 36.0 Å². The quantitative estimate of drug-likeness (QED) is 0.353. The Morgan fingerprint density at radius 3 is 1.59 bits per heavy atom. The van der Waals surface area contributed by atoms with E-state index < -0.39 is 42.7 Å². The van der Waals surface area contributed by atoms with Crippen molar-refractivity contribution in [2.75, 3.05) is 12.5 Å². The fourth-order valence-electron chi connectivity index (χ4n) is 1.80. The Balaban J connectivity index is 0.000000291. The molecule has 0 atom stereocenters. The summed E-state index contributed by atoms with van der Waals surface area (Å²) in [5.74, 6) is -0.685. The molecule has 0 aliphatic carbocycles. The Hall–Kier alpha value is -3.14. The van der Waals surface area contributed by atoms with E-state index in [-0.39, 0.29) is 29.3 Å². The molecule has 0 unspecified atom stereocenters. The smallest absolute Gasteiger partial charge is 0.328 e. The second-order valence-corrected chi connectivity index (χ2v) is 8.66.